The van der Waals surface area contributed by atoms with Crippen LogP contribution in [0.1, 0.15) is 16.7 Å². The molecule has 1 aliphatic heterocycles. The fraction of sp³-hybridized carbons (Fsp3) is 0.111. The van der Waals surface area contributed by atoms with Crippen LogP contribution in [-0.2, 0) is 11.3 Å². The number of rotatable bonds is 3. The van der Waals surface area contributed by atoms with E-state index in [1.165, 1.54) is 4.90 Å². The number of benzene rings is 2. The van der Waals surface area contributed by atoms with Gasteiger partial charge in [0.05, 0.1) is 11.4 Å². The number of carbonyl (C=O) groups excluding carboxylic acids is 2. The van der Waals surface area contributed by atoms with Gasteiger partial charge in [0.25, 0.3) is 11.1 Å². The molecule has 2 amide bonds. The van der Waals surface area contributed by atoms with Crippen molar-refractivity contribution in [1.82, 2.24) is 4.90 Å². The highest BCUT2D eigenvalue weighted by molar-refractivity contribution is 9.10. The summed E-state index contributed by atoms with van der Waals surface area (Å²) >= 11 is 4.39. The quantitative estimate of drug-likeness (QED) is 0.695. The molecule has 2 aromatic carbocycles. The number of imide groups is 1. The molecule has 1 fully saturated rings. The van der Waals surface area contributed by atoms with Gasteiger partial charge in [-0.3, -0.25) is 14.5 Å². The smallest absolute Gasteiger partial charge is 0.268 e. The minimum absolute atomic E-state index is 0.225. The molecule has 2 aromatic rings. The highest BCUT2D eigenvalue weighted by Gasteiger charge is 2.34. The van der Waals surface area contributed by atoms with Crippen molar-refractivity contribution in [2.24, 2.45) is 0 Å². The summed E-state index contributed by atoms with van der Waals surface area (Å²) in [6.45, 7) is 2.31. The van der Waals surface area contributed by atoms with Crippen LogP contribution in [0.15, 0.2) is 57.9 Å². The first kappa shape index (κ1) is 16.0. The standard InChI is InChI=1S/C18H14BrNO2S/c1-12-5-7-13(8-6-12)11-20-17(21)16(23-18(20)22)10-14-3-2-4-15(19)9-14/h2-10H,11H2,1H3/b16-10-. The molecule has 0 spiro atoms. The molecule has 1 aliphatic rings. The van der Waals surface area contributed by atoms with E-state index in [0.29, 0.717) is 11.4 Å². The molecule has 23 heavy (non-hydrogen) atoms. The van der Waals surface area contributed by atoms with E-state index >= 15 is 0 Å². The lowest BCUT2D eigenvalue weighted by Crippen LogP contribution is -2.27. The van der Waals surface area contributed by atoms with E-state index in [1.807, 2.05) is 55.5 Å². The first-order chi connectivity index (χ1) is 11.0. The van der Waals surface area contributed by atoms with Gasteiger partial charge >= 0.3 is 0 Å². The Hall–Kier alpha value is -1.85. The van der Waals surface area contributed by atoms with E-state index in [-0.39, 0.29) is 11.1 Å². The first-order valence-corrected chi connectivity index (χ1v) is 8.70. The SMILES string of the molecule is Cc1ccc(CN2C(=O)S/C(=C\c3cccc(Br)c3)C2=O)cc1. The zero-order valence-electron chi connectivity index (χ0n) is 12.5. The molecule has 0 saturated carbocycles. The minimum Gasteiger partial charge on any atom is -0.268 e. The van der Waals surface area contributed by atoms with E-state index in [0.717, 1.165) is 32.9 Å². The molecule has 5 heteroatoms. The third-order valence-corrected chi connectivity index (χ3v) is 4.88. The average Bonchev–Trinajstić information content (AvgIpc) is 2.77. The Balaban J connectivity index is 1.81. The molecule has 116 valence electrons. The summed E-state index contributed by atoms with van der Waals surface area (Å²) in [6.07, 6.45) is 1.75. The van der Waals surface area contributed by atoms with Crippen LogP contribution in [0.5, 0.6) is 0 Å². The Morgan fingerprint density at radius 3 is 2.57 bits per heavy atom. The van der Waals surface area contributed by atoms with Crippen LogP contribution >= 0.6 is 27.7 Å². The number of hydrogen-bond donors (Lipinski definition) is 0. The summed E-state index contributed by atoms with van der Waals surface area (Å²) < 4.78 is 0.935. The lowest BCUT2D eigenvalue weighted by Gasteiger charge is -2.12. The molecule has 0 atom stereocenters. The summed E-state index contributed by atoms with van der Waals surface area (Å²) in [5.41, 5.74) is 2.99. The molecular weight excluding hydrogens is 374 g/mol. The van der Waals surface area contributed by atoms with Gasteiger partial charge in [-0.05, 0) is 48.0 Å². The monoisotopic (exact) mass is 387 g/mol. The van der Waals surface area contributed by atoms with Crippen molar-refractivity contribution < 1.29 is 9.59 Å². The third-order valence-electron chi connectivity index (χ3n) is 3.48. The predicted octanol–water partition coefficient (Wildman–Crippen LogP) is 4.99. The highest BCUT2D eigenvalue weighted by Crippen LogP contribution is 2.33. The number of hydrogen-bond acceptors (Lipinski definition) is 3. The van der Waals surface area contributed by atoms with Gasteiger partial charge in [0.1, 0.15) is 0 Å². The van der Waals surface area contributed by atoms with Gasteiger partial charge in [0.2, 0.25) is 0 Å². The molecule has 0 aliphatic carbocycles. The summed E-state index contributed by atoms with van der Waals surface area (Å²) in [5.74, 6) is -0.236. The Kier molecular flexibility index (Phi) is 4.68. The number of amides is 2. The second-order valence-electron chi connectivity index (χ2n) is 5.31. The Morgan fingerprint density at radius 2 is 1.87 bits per heavy atom. The lowest BCUT2D eigenvalue weighted by atomic mass is 10.1. The van der Waals surface area contributed by atoms with Crippen molar-refractivity contribution >= 4 is 44.9 Å². The van der Waals surface area contributed by atoms with Gasteiger partial charge < -0.3 is 0 Å². The maximum Gasteiger partial charge on any atom is 0.293 e. The molecule has 0 bridgehead atoms. The summed E-state index contributed by atoms with van der Waals surface area (Å²) in [7, 11) is 0. The van der Waals surface area contributed by atoms with E-state index in [9.17, 15) is 9.59 Å². The Bertz CT molecular complexity index is 799. The number of carbonyl (C=O) groups is 2. The third kappa shape index (κ3) is 3.74. The summed E-state index contributed by atoms with van der Waals surface area (Å²) in [4.78, 5) is 26.4. The molecular formula is C18H14BrNO2S. The molecule has 1 heterocycles. The van der Waals surface area contributed by atoms with Crippen LogP contribution in [0.25, 0.3) is 6.08 Å². The van der Waals surface area contributed by atoms with Crippen molar-refractivity contribution in [3.63, 3.8) is 0 Å². The molecule has 0 radical (unpaired) electrons. The van der Waals surface area contributed by atoms with Crippen molar-refractivity contribution in [1.29, 1.82) is 0 Å². The number of aryl methyl sites for hydroxylation is 1. The fourth-order valence-electron chi connectivity index (χ4n) is 2.26. The average molecular weight is 388 g/mol. The van der Waals surface area contributed by atoms with Crippen LogP contribution in [0.4, 0.5) is 4.79 Å². The second kappa shape index (κ2) is 6.72. The topological polar surface area (TPSA) is 37.4 Å². The molecule has 0 unspecified atom stereocenters. The van der Waals surface area contributed by atoms with Crippen LogP contribution in [0, 0.1) is 6.92 Å². The van der Waals surface area contributed by atoms with Gasteiger partial charge in [-0.1, -0.05) is 57.9 Å². The fourth-order valence-corrected chi connectivity index (χ4v) is 3.52. The molecule has 0 aromatic heterocycles. The Morgan fingerprint density at radius 1 is 1.13 bits per heavy atom. The van der Waals surface area contributed by atoms with Gasteiger partial charge in [0, 0.05) is 4.47 Å². The first-order valence-electron chi connectivity index (χ1n) is 7.09. The van der Waals surface area contributed by atoms with Crippen molar-refractivity contribution in [2.75, 3.05) is 0 Å². The van der Waals surface area contributed by atoms with Gasteiger partial charge in [-0.15, -0.1) is 0 Å². The van der Waals surface area contributed by atoms with Crippen LogP contribution < -0.4 is 0 Å². The van der Waals surface area contributed by atoms with Crippen molar-refractivity contribution in [3.8, 4) is 0 Å². The minimum atomic E-state index is -0.236. The zero-order chi connectivity index (χ0) is 16.4. The zero-order valence-corrected chi connectivity index (χ0v) is 14.9. The Labute approximate surface area is 147 Å². The highest BCUT2D eigenvalue weighted by atomic mass is 79.9. The maximum absolute atomic E-state index is 12.5. The van der Waals surface area contributed by atoms with Crippen molar-refractivity contribution in [2.45, 2.75) is 13.5 Å². The number of halogens is 1. The molecule has 3 nitrogen and oxygen atoms in total. The van der Waals surface area contributed by atoms with E-state index in [1.54, 1.807) is 6.08 Å². The number of thioether (sulfide) groups is 1. The van der Waals surface area contributed by atoms with Crippen LogP contribution in [0.3, 0.4) is 0 Å². The summed E-state index contributed by atoms with van der Waals surface area (Å²) in [5, 5.41) is -0.225. The molecule has 0 N–H and O–H groups in total. The van der Waals surface area contributed by atoms with Gasteiger partial charge in [-0.2, -0.15) is 0 Å². The molecule has 1 saturated heterocycles. The normalized spacial score (nSPS) is 16.4. The van der Waals surface area contributed by atoms with Crippen LogP contribution in [0.2, 0.25) is 0 Å². The second-order valence-corrected chi connectivity index (χ2v) is 7.22. The van der Waals surface area contributed by atoms with E-state index < -0.39 is 0 Å². The molecule has 3 rings (SSSR count). The van der Waals surface area contributed by atoms with Gasteiger partial charge in [0.15, 0.2) is 0 Å². The maximum atomic E-state index is 12.5. The predicted molar refractivity (Wildman–Crippen MR) is 96.8 cm³/mol. The van der Waals surface area contributed by atoms with Crippen LogP contribution in [-0.4, -0.2) is 16.0 Å². The number of nitrogens with zero attached hydrogens (tertiary/aromatic N) is 1. The summed E-state index contributed by atoms with van der Waals surface area (Å²) in [6, 6.07) is 15.5. The largest absolute Gasteiger partial charge is 0.293 e. The van der Waals surface area contributed by atoms with Crippen molar-refractivity contribution in [3.05, 3.63) is 74.6 Å². The van der Waals surface area contributed by atoms with Gasteiger partial charge in [-0.25, -0.2) is 0 Å². The van der Waals surface area contributed by atoms with E-state index in [2.05, 4.69) is 15.9 Å². The lowest BCUT2D eigenvalue weighted by molar-refractivity contribution is -0.123. The van der Waals surface area contributed by atoms with E-state index in [4.69, 9.17) is 0 Å².